The van der Waals surface area contributed by atoms with Gasteiger partial charge in [0.25, 0.3) is 0 Å². The fourth-order valence-corrected chi connectivity index (χ4v) is 10.9. The Morgan fingerprint density at radius 1 is 0.453 bits per heavy atom. The van der Waals surface area contributed by atoms with Gasteiger partial charge in [0, 0.05) is 41.7 Å². The standard InChI is InChI=1S/C51H32OS/c1-51(2)41-28-30(23-24-32(41)37-26-27-42-48(49(37)51)40-25-22-29-12-3-4-13-31(29)50(40)52-42)45-33-14-5-7-16-35(33)46(36-17-8-6-15-34(36)45)39-19-11-21-44-47(39)38-18-9-10-20-43(38)53-44/h3-28H,1-2H3. The minimum atomic E-state index is -0.232. The van der Waals surface area contributed by atoms with E-state index in [0.717, 1.165) is 16.6 Å². The number of thiophene rings is 1. The van der Waals surface area contributed by atoms with Crippen LogP contribution in [0.1, 0.15) is 25.0 Å². The molecular weight excluding hydrogens is 661 g/mol. The molecule has 0 spiro atoms. The van der Waals surface area contributed by atoms with E-state index < -0.39 is 0 Å². The van der Waals surface area contributed by atoms with Crippen LogP contribution in [0.25, 0.3) is 108 Å². The maximum atomic E-state index is 6.67. The highest BCUT2D eigenvalue weighted by Gasteiger charge is 2.38. The predicted octanol–water partition coefficient (Wildman–Crippen LogP) is 15.1. The number of furan rings is 1. The Bertz CT molecular complexity index is 3320. The lowest BCUT2D eigenvalue weighted by Crippen LogP contribution is -2.15. The van der Waals surface area contributed by atoms with Crippen molar-refractivity contribution in [3.63, 3.8) is 0 Å². The van der Waals surface area contributed by atoms with Crippen LogP contribution in [0.2, 0.25) is 0 Å². The van der Waals surface area contributed by atoms with Crippen molar-refractivity contribution in [1.29, 1.82) is 0 Å². The fraction of sp³-hybridized carbons (Fsp3) is 0.0588. The highest BCUT2D eigenvalue weighted by molar-refractivity contribution is 7.26. The first-order valence-corrected chi connectivity index (χ1v) is 19.2. The summed E-state index contributed by atoms with van der Waals surface area (Å²) in [6, 6.07) is 58.5. The van der Waals surface area contributed by atoms with E-state index >= 15 is 0 Å². The van der Waals surface area contributed by atoms with Gasteiger partial charge in [-0.1, -0.05) is 141 Å². The molecular formula is C51H32OS. The van der Waals surface area contributed by atoms with E-state index in [1.54, 1.807) is 0 Å². The van der Waals surface area contributed by atoms with Gasteiger partial charge < -0.3 is 4.42 Å². The van der Waals surface area contributed by atoms with E-state index in [1.165, 1.54) is 102 Å². The Morgan fingerprint density at radius 2 is 1.09 bits per heavy atom. The molecule has 0 amide bonds. The average Bonchev–Trinajstić information content (AvgIpc) is 3.84. The van der Waals surface area contributed by atoms with Gasteiger partial charge in [0.2, 0.25) is 0 Å². The zero-order valence-electron chi connectivity index (χ0n) is 29.3. The molecule has 248 valence electrons. The summed E-state index contributed by atoms with van der Waals surface area (Å²) < 4.78 is 9.32. The lowest BCUT2D eigenvalue weighted by atomic mass is 9.79. The molecule has 0 aliphatic heterocycles. The summed E-state index contributed by atoms with van der Waals surface area (Å²) in [6.45, 7) is 4.79. The van der Waals surface area contributed by atoms with E-state index in [0.29, 0.717) is 0 Å². The van der Waals surface area contributed by atoms with E-state index in [4.69, 9.17) is 4.42 Å². The molecule has 0 N–H and O–H groups in total. The second kappa shape index (κ2) is 10.4. The maximum Gasteiger partial charge on any atom is 0.143 e. The number of hydrogen-bond acceptors (Lipinski definition) is 2. The number of benzene rings is 9. The Morgan fingerprint density at radius 3 is 1.87 bits per heavy atom. The highest BCUT2D eigenvalue weighted by Crippen LogP contribution is 2.55. The molecule has 0 unspecified atom stereocenters. The SMILES string of the molecule is CC1(C)c2cc(-c3c4ccccc4c(-c4cccc5sc6ccccc6c45)c4ccccc34)ccc2-c2ccc3oc4c5ccccc5ccc4c3c21. The van der Waals surface area contributed by atoms with Gasteiger partial charge in [-0.15, -0.1) is 11.3 Å². The molecule has 0 bridgehead atoms. The van der Waals surface area contributed by atoms with Crippen LogP contribution in [0.15, 0.2) is 162 Å². The third kappa shape index (κ3) is 3.86. The first-order chi connectivity index (χ1) is 26.1. The van der Waals surface area contributed by atoms with Gasteiger partial charge in [0.1, 0.15) is 11.2 Å². The van der Waals surface area contributed by atoms with Crippen LogP contribution in [-0.2, 0) is 5.41 Å². The zero-order valence-corrected chi connectivity index (χ0v) is 30.1. The number of fused-ring (bicyclic) bond motifs is 14. The Hall–Kier alpha value is -6.22. The summed E-state index contributed by atoms with van der Waals surface area (Å²) in [5.41, 5.74) is 12.2. The van der Waals surface area contributed by atoms with Gasteiger partial charge >= 0.3 is 0 Å². The molecule has 53 heavy (non-hydrogen) atoms. The average molecular weight is 693 g/mol. The van der Waals surface area contributed by atoms with Crippen LogP contribution in [-0.4, -0.2) is 0 Å². The molecule has 2 heterocycles. The molecule has 1 nitrogen and oxygen atoms in total. The van der Waals surface area contributed by atoms with Crippen molar-refractivity contribution in [3.8, 4) is 33.4 Å². The summed E-state index contributed by atoms with van der Waals surface area (Å²) in [5, 5.41) is 12.6. The van der Waals surface area contributed by atoms with Crippen molar-refractivity contribution in [2.75, 3.05) is 0 Å². The van der Waals surface area contributed by atoms with E-state index in [1.807, 2.05) is 11.3 Å². The van der Waals surface area contributed by atoms with Crippen LogP contribution in [0.5, 0.6) is 0 Å². The van der Waals surface area contributed by atoms with Gasteiger partial charge in [-0.05, 0) is 102 Å². The summed E-state index contributed by atoms with van der Waals surface area (Å²) in [6.07, 6.45) is 0. The number of rotatable bonds is 2. The molecule has 0 atom stereocenters. The summed E-state index contributed by atoms with van der Waals surface area (Å²) in [7, 11) is 0. The smallest absolute Gasteiger partial charge is 0.143 e. The van der Waals surface area contributed by atoms with Crippen molar-refractivity contribution >= 4 is 85.8 Å². The van der Waals surface area contributed by atoms with Crippen LogP contribution in [0.4, 0.5) is 0 Å². The molecule has 12 rings (SSSR count). The third-order valence-corrected chi connectivity index (χ3v) is 13.2. The van der Waals surface area contributed by atoms with E-state index in [-0.39, 0.29) is 5.41 Å². The van der Waals surface area contributed by atoms with Crippen LogP contribution in [0, 0.1) is 0 Å². The van der Waals surface area contributed by atoms with Crippen LogP contribution < -0.4 is 0 Å². The molecule has 0 radical (unpaired) electrons. The van der Waals surface area contributed by atoms with Gasteiger partial charge in [-0.3, -0.25) is 0 Å². The monoisotopic (exact) mass is 692 g/mol. The van der Waals surface area contributed by atoms with Crippen LogP contribution >= 0.6 is 11.3 Å². The number of hydrogen-bond donors (Lipinski definition) is 0. The molecule has 0 saturated carbocycles. The molecule has 1 aliphatic rings. The van der Waals surface area contributed by atoms with E-state index in [2.05, 4.69) is 172 Å². The minimum Gasteiger partial charge on any atom is -0.455 e. The largest absolute Gasteiger partial charge is 0.455 e. The first kappa shape index (κ1) is 29.4. The summed E-state index contributed by atoms with van der Waals surface area (Å²) in [5.74, 6) is 0. The second-order valence-corrected chi connectivity index (χ2v) is 16.2. The molecule has 2 aromatic heterocycles. The molecule has 2 heteroatoms. The minimum absolute atomic E-state index is 0.232. The third-order valence-electron chi connectivity index (χ3n) is 12.0. The molecule has 0 fully saturated rings. The first-order valence-electron chi connectivity index (χ1n) is 18.4. The second-order valence-electron chi connectivity index (χ2n) is 15.1. The van der Waals surface area contributed by atoms with E-state index in [9.17, 15) is 0 Å². The quantitative estimate of drug-likeness (QED) is 0.164. The van der Waals surface area contributed by atoms with Gasteiger partial charge in [-0.25, -0.2) is 0 Å². The van der Waals surface area contributed by atoms with Gasteiger partial charge in [0.15, 0.2) is 0 Å². The predicted molar refractivity (Wildman–Crippen MR) is 228 cm³/mol. The van der Waals surface area contributed by atoms with Crippen LogP contribution in [0.3, 0.4) is 0 Å². The molecule has 0 saturated heterocycles. The van der Waals surface area contributed by atoms with Gasteiger partial charge in [-0.2, -0.15) is 0 Å². The topological polar surface area (TPSA) is 13.1 Å². The van der Waals surface area contributed by atoms with Gasteiger partial charge in [0.05, 0.1) is 0 Å². The fourth-order valence-electron chi connectivity index (χ4n) is 9.77. The Kier molecular flexibility index (Phi) is 5.78. The van der Waals surface area contributed by atoms with Crippen molar-refractivity contribution in [2.45, 2.75) is 19.3 Å². The summed E-state index contributed by atoms with van der Waals surface area (Å²) >= 11 is 1.88. The molecule has 9 aromatic carbocycles. The summed E-state index contributed by atoms with van der Waals surface area (Å²) in [4.78, 5) is 0. The Labute approximate surface area is 310 Å². The molecule has 11 aromatic rings. The van der Waals surface area contributed by atoms with Crippen molar-refractivity contribution < 1.29 is 4.42 Å². The van der Waals surface area contributed by atoms with Crippen molar-refractivity contribution in [3.05, 3.63) is 169 Å². The Balaban J connectivity index is 1.11. The normalized spacial score (nSPS) is 13.6. The molecule has 1 aliphatic carbocycles. The van der Waals surface area contributed by atoms with Crippen molar-refractivity contribution in [2.24, 2.45) is 0 Å². The highest BCUT2D eigenvalue weighted by atomic mass is 32.1. The zero-order chi connectivity index (χ0) is 35.0. The lowest BCUT2D eigenvalue weighted by molar-refractivity contribution is 0.658. The maximum absolute atomic E-state index is 6.67. The van der Waals surface area contributed by atoms with Crippen molar-refractivity contribution in [1.82, 2.24) is 0 Å². The lowest BCUT2D eigenvalue weighted by Gasteiger charge is -2.24.